The van der Waals surface area contributed by atoms with E-state index in [0.717, 1.165) is 83.1 Å². The number of anilines is 1. The van der Waals surface area contributed by atoms with Crippen LogP contribution >= 0.6 is 0 Å². The Bertz CT molecular complexity index is 1050. The molecule has 0 aromatic carbocycles. The second-order valence-electron chi connectivity index (χ2n) is 11.6. The molecule has 3 fully saturated rings. The van der Waals surface area contributed by atoms with Gasteiger partial charge in [0, 0.05) is 56.9 Å². The van der Waals surface area contributed by atoms with Crippen molar-refractivity contribution in [1.82, 2.24) is 24.4 Å². The fraction of sp³-hybridized carbons (Fsp3) is 0.750. The smallest absolute Gasteiger partial charge is 0.241 e. The molecule has 1 amide bonds. The molecule has 0 spiro atoms. The number of aliphatic hydroxyl groups excluding tert-OH is 1. The van der Waals surface area contributed by atoms with E-state index in [4.69, 9.17) is 9.84 Å². The highest BCUT2D eigenvalue weighted by Gasteiger charge is 2.33. The van der Waals surface area contributed by atoms with Crippen LogP contribution in [-0.4, -0.2) is 94.5 Å². The number of aromatic nitrogens is 3. The number of nitrogens with zero attached hydrogens (tertiary/aromatic N) is 5. The van der Waals surface area contributed by atoms with E-state index in [1.54, 1.807) is 7.11 Å². The fourth-order valence-electron chi connectivity index (χ4n) is 6.54. The van der Waals surface area contributed by atoms with Crippen LogP contribution in [0.4, 0.5) is 5.95 Å². The first kappa shape index (κ1) is 26.4. The average Bonchev–Trinajstić information content (AvgIpc) is 3.28. The number of carbonyl (C=O) groups excluding carboxylic acids is 1. The van der Waals surface area contributed by atoms with Crippen molar-refractivity contribution in [3.8, 4) is 0 Å². The van der Waals surface area contributed by atoms with E-state index in [-0.39, 0.29) is 18.1 Å². The monoisotopic (exact) mass is 512 g/mol. The number of rotatable bonds is 7. The molecule has 9 nitrogen and oxygen atoms in total. The molecule has 1 aliphatic heterocycles. The lowest BCUT2D eigenvalue weighted by Crippen LogP contribution is -2.49. The van der Waals surface area contributed by atoms with Crippen LogP contribution in [0.2, 0.25) is 0 Å². The van der Waals surface area contributed by atoms with Gasteiger partial charge in [-0.15, -0.1) is 5.10 Å². The summed E-state index contributed by atoms with van der Waals surface area (Å²) in [5.41, 5.74) is 3.64. The molecule has 3 heterocycles. The number of aliphatic hydroxyl groups is 1. The van der Waals surface area contributed by atoms with E-state index in [0.29, 0.717) is 30.3 Å². The lowest BCUT2D eigenvalue weighted by molar-refractivity contribution is -0.138. The number of fused-ring (bicyclic) bond motifs is 1. The molecule has 2 N–H and O–H groups in total. The first-order chi connectivity index (χ1) is 17.9. The van der Waals surface area contributed by atoms with Crippen LogP contribution in [0.15, 0.2) is 12.3 Å². The molecule has 0 bridgehead atoms. The maximum absolute atomic E-state index is 13.2. The predicted molar refractivity (Wildman–Crippen MR) is 144 cm³/mol. The van der Waals surface area contributed by atoms with Gasteiger partial charge >= 0.3 is 0 Å². The van der Waals surface area contributed by atoms with Gasteiger partial charge in [-0.05, 0) is 82.9 Å². The van der Waals surface area contributed by atoms with Crippen molar-refractivity contribution < 1.29 is 14.6 Å². The number of methoxy groups -OCH3 is 1. The van der Waals surface area contributed by atoms with Gasteiger partial charge in [0.25, 0.3) is 0 Å². The molecule has 37 heavy (non-hydrogen) atoms. The third-order valence-electron chi connectivity index (χ3n) is 8.81. The van der Waals surface area contributed by atoms with E-state index in [1.807, 2.05) is 6.20 Å². The van der Waals surface area contributed by atoms with Crippen molar-refractivity contribution in [1.29, 1.82) is 0 Å². The fourth-order valence-corrected chi connectivity index (χ4v) is 6.54. The highest BCUT2D eigenvalue weighted by Crippen LogP contribution is 2.42. The topological polar surface area (TPSA) is 95.2 Å². The SMILES string of the molecule is COC[C@H](C)Nc1ncc2c(C3CCC(C(=O)N4CCN(C)CC4)CC3)cc(C3CCC(O)CC3)n2n1. The molecule has 2 saturated carbocycles. The normalized spacial score (nSPS) is 28.4. The Morgan fingerprint density at radius 1 is 1.08 bits per heavy atom. The highest BCUT2D eigenvalue weighted by molar-refractivity contribution is 5.79. The van der Waals surface area contributed by atoms with Crippen molar-refractivity contribution in [2.45, 2.75) is 82.3 Å². The van der Waals surface area contributed by atoms with Crippen LogP contribution in [0.5, 0.6) is 0 Å². The quantitative estimate of drug-likeness (QED) is 0.588. The molecular formula is C28H44N6O3. The Labute approximate surface area is 220 Å². The summed E-state index contributed by atoms with van der Waals surface area (Å²) in [6, 6.07) is 2.47. The van der Waals surface area contributed by atoms with Crippen LogP contribution in [0, 0.1) is 5.92 Å². The zero-order chi connectivity index (χ0) is 25.9. The lowest BCUT2D eigenvalue weighted by Gasteiger charge is -2.36. The van der Waals surface area contributed by atoms with E-state index >= 15 is 0 Å². The van der Waals surface area contributed by atoms with Gasteiger partial charge in [-0.1, -0.05) is 0 Å². The average molecular weight is 513 g/mol. The van der Waals surface area contributed by atoms with Crippen LogP contribution in [-0.2, 0) is 9.53 Å². The minimum absolute atomic E-state index is 0.110. The van der Waals surface area contributed by atoms with Gasteiger partial charge in [0.2, 0.25) is 11.9 Å². The Hall–Kier alpha value is -2.23. The zero-order valence-corrected chi connectivity index (χ0v) is 22.7. The Kier molecular flexibility index (Phi) is 8.31. The van der Waals surface area contributed by atoms with Gasteiger partial charge in [0.05, 0.1) is 24.4 Å². The third kappa shape index (κ3) is 5.94. The Morgan fingerprint density at radius 3 is 2.43 bits per heavy atom. The predicted octanol–water partition coefficient (Wildman–Crippen LogP) is 3.24. The lowest BCUT2D eigenvalue weighted by atomic mass is 9.78. The van der Waals surface area contributed by atoms with E-state index < -0.39 is 0 Å². The molecular weight excluding hydrogens is 468 g/mol. The van der Waals surface area contributed by atoms with Gasteiger partial charge in [-0.3, -0.25) is 4.79 Å². The molecule has 2 aromatic heterocycles. The molecule has 0 unspecified atom stereocenters. The van der Waals surface area contributed by atoms with Gasteiger partial charge in [0.15, 0.2) is 0 Å². The molecule has 0 radical (unpaired) electrons. The van der Waals surface area contributed by atoms with Crippen LogP contribution in [0.3, 0.4) is 0 Å². The molecule has 2 aromatic rings. The number of amides is 1. The van der Waals surface area contributed by atoms with Crippen molar-refractivity contribution in [2.75, 3.05) is 52.3 Å². The zero-order valence-electron chi connectivity index (χ0n) is 22.7. The maximum atomic E-state index is 13.2. The standard InChI is InChI=1S/C28H44N6O3/c1-19(18-37-3)30-28-29-17-26-24(16-25(34(26)31-28)21-8-10-23(35)11-9-21)20-4-6-22(7-5-20)27(36)33-14-12-32(2)13-15-33/h16-17,19-23,35H,4-15,18H2,1-3H3,(H,30,31)/t19-,20?,21?,22?,23?/m0/s1. The first-order valence-electron chi connectivity index (χ1n) is 14.2. The third-order valence-corrected chi connectivity index (χ3v) is 8.81. The minimum Gasteiger partial charge on any atom is -0.393 e. The number of hydrogen-bond donors (Lipinski definition) is 2. The first-order valence-corrected chi connectivity index (χ1v) is 14.2. The summed E-state index contributed by atoms with van der Waals surface area (Å²) in [6.07, 6.45) is 9.37. The molecule has 9 heteroatoms. The second-order valence-corrected chi connectivity index (χ2v) is 11.6. The minimum atomic E-state index is -0.184. The molecule has 2 aliphatic carbocycles. The summed E-state index contributed by atoms with van der Waals surface area (Å²) in [5.74, 6) is 1.93. The molecule has 1 atom stereocenters. The van der Waals surface area contributed by atoms with Gasteiger partial charge < -0.3 is 25.0 Å². The van der Waals surface area contributed by atoms with Crippen LogP contribution < -0.4 is 5.32 Å². The number of ether oxygens (including phenoxy) is 1. The molecule has 1 saturated heterocycles. The molecule has 204 valence electrons. The van der Waals surface area contributed by atoms with E-state index in [1.165, 1.54) is 11.3 Å². The maximum Gasteiger partial charge on any atom is 0.241 e. The van der Waals surface area contributed by atoms with Crippen molar-refractivity contribution in [3.63, 3.8) is 0 Å². The van der Waals surface area contributed by atoms with Crippen molar-refractivity contribution >= 4 is 17.4 Å². The van der Waals surface area contributed by atoms with Crippen LogP contribution in [0.25, 0.3) is 5.52 Å². The highest BCUT2D eigenvalue weighted by atomic mass is 16.5. The summed E-state index contributed by atoms with van der Waals surface area (Å²) in [5, 5.41) is 18.4. The number of piperazine rings is 1. The van der Waals surface area contributed by atoms with E-state index in [2.05, 4.69) is 44.7 Å². The molecule has 5 rings (SSSR count). The van der Waals surface area contributed by atoms with Gasteiger partial charge in [-0.25, -0.2) is 9.50 Å². The van der Waals surface area contributed by atoms with Crippen molar-refractivity contribution in [3.05, 3.63) is 23.5 Å². The molecule has 3 aliphatic rings. The summed E-state index contributed by atoms with van der Waals surface area (Å²) in [4.78, 5) is 22.2. The number of hydrogen-bond acceptors (Lipinski definition) is 7. The summed E-state index contributed by atoms with van der Waals surface area (Å²) in [6.45, 7) is 6.30. The number of nitrogens with one attached hydrogen (secondary N) is 1. The van der Waals surface area contributed by atoms with Crippen molar-refractivity contribution in [2.24, 2.45) is 5.92 Å². The summed E-state index contributed by atoms with van der Waals surface area (Å²) in [7, 11) is 3.82. The van der Waals surface area contributed by atoms with Crippen LogP contribution in [0.1, 0.15) is 81.4 Å². The van der Waals surface area contributed by atoms with Gasteiger partial charge in [0.1, 0.15) is 0 Å². The number of likely N-dealkylation sites (N-methyl/N-ethyl adjacent to an activating group) is 1. The van der Waals surface area contributed by atoms with Gasteiger partial charge in [-0.2, -0.15) is 0 Å². The Balaban J connectivity index is 1.34. The second kappa shape index (κ2) is 11.7. The van der Waals surface area contributed by atoms with E-state index in [9.17, 15) is 9.90 Å². The summed E-state index contributed by atoms with van der Waals surface area (Å²) < 4.78 is 7.37. The Morgan fingerprint density at radius 2 is 1.76 bits per heavy atom. The largest absolute Gasteiger partial charge is 0.393 e. The summed E-state index contributed by atoms with van der Waals surface area (Å²) >= 11 is 0. The number of carbonyl (C=O) groups is 1.